The first-order valence-corrected chi connectivity index (χ1v) is 13.0. The number of aromatic hydroxyl groups is 1. The van der Waals surface area contributed by atoms with E-state index in [1.54, 1.807) is 12.1 Å². The summed E-state index contributed by atoms with van der Waals surface area (Å²) in [6, 6.07) is 9.23. The number of benzene rings is 2. The summed E-state index contributed by atoms with van der Waals surface area (Å²) in [4.78, 5) is 0. The SMILES string of the molecule is CCCCNc1cc(OC(C)C)cc(OC(C)C)c1NCc1ccc(O)cc1OCCCNCC. The molecular formula is C28H45N3O4. The summed E-state index contributed by atoms with van der Waals surface area (Å²) in [6.07, 6.45) is 3.14. The lowest BCUT2D eigenvalue weighted by Gasteiger charge is -2.22. The topological polar surface area (TPSA) is 84.0 Å². The maximum absolute atomic E-state index is 10.0. The molecule has 0 atom stereocenters. The van der Waals surface area contributed by atoms with Crippen LogP contribution in [0.4, 0.5) is 11.4 Å². The van der Waals surface area contributed by atoms with Crippen LogP contribution in [0.15, 0.2) is 30.3 Å². The smallest absolute Gasteiger partial charge is 0.148 e. The molecule has 0 amide bonds. The van der Waals surface area contributed by atoms with Gasteiger partial charge in [-0.15, -0.1) is 0 Å². The fraction of sp³-hybridized carbons (Fsp3) is 0.571. The second-order valence-corrected chi connectivity index (χ2v) is 9.16. The minimum atomic E-state index is 0.0117. The molecule has 0 saturated carbocycles. The van der Waals surface area contributed by atoms with Crippen LogP contribution < -0.4 is 30.2 Å². The van der Waals surface area contributed by atoms with Gasteiger partial charge in [0, 0.05) is 36.9 Å². The Balaban J connectivity index is 2.29. The zero-order valence-electron chi connectivity index (χ0n) is 22.4. The molecule has 2 aromatic carbocycles. The first kappa shape index (κ1) is 28.4. The van der Waals surface area contributed by atoms with Gasteiger partial charge in [-0.2, -0.15) is 0 Å². The fourth-order valence-corrected chi connectivity index (χ4v) is 3.56. The van der Waals surface area contributed by atoms with Crippen LogP contribution >= 0.6 is 0 Å². The monoisotopic (exact) mass is 487 g/mol. The third-order valence-electron chi connectivity index (χ3n) is 5.17. The van der Waals surface area contributed by atoms with Crippen LogP contribution in [-0.4, -0.2) is 43.6 Å². The van der Waals surface area contributed by atoms with E-state index in [0.717, 1.165) is 67.3 Å². The molecule has 35 heavy (non-hydrogen) atoms. The highest BCUT2D eigenvalue weighted by Crippen LogP contribution is 2.39. The second kappa shape index (κ2) is 15.2. The maximum Gasteiger partial charge on any atom is 0.148 e. The van der Waals surface area contributed by atoms with Crippen LogP contribution in [0.5, 0.6) is 23.0 Å². The zero-order chi connectivity index (χ0) is 25.6. The van der Waals surface area contributed by atoms with Gasteiger partial charge >= 0.3 is 0 Å². The summed E-state index contributed by atoms with van der Waals surface area (Å²) in [5.74, 6) is 2.38. The largest absolute Gasteiger partial charge is 0.508 e. The third kappa shape index (κ3) is 10.1. The molecule has 0 aliphatic rings. The van der Waals surface area contributed by atoms with Gasteiger partial charge in [0.2, 0.25) is 0 Å². The molecule has 2 aromatic rings. The molecular weight excluding hydrogens is 442 g/mol. The maximum atomic E-state index is 10.0. The molecule has 7 heteroatoms. The van der Waals surface area contributed by atoms with Crippen molar-refractivity contribution in [2.75, 3.05) is 36.9 Å². The van der Waals surface area contributed by atoms with E-state index in [1.807, 2.05) is 45.9 Å². The molecule has 0 unspecified atom stereocenters. The second-order valence-electron chi connectivity index (χ2n) is 9.16. The summed E-state index contributed by atoms with van der Waals surface area (Å²) in [7, 11) is 0. The van der Waals surface area contributed by atoms with Crippen LogP contribution in [0, 0.1) is 0 Å². The Morgan fingerprint density at radius 3 is 2.31 bits per heavy atom. The number of ether oxygens (including phenoxy) is 3. The number of hydrogen-bond donors (Lipinski definition) is 4. The Morgan fingerprint density at radius 1 is 0.857 bits per heavy atom. The fourth-order valence-electron chi connectivity index (χ4n) is 3.56. The highest BCUT2D eigenvalue weighted by Gasteiger charge is 2.16. The van der Waals surface area contributed by atoms with Gasteiger partial charge < -0.3 is 35.3 Å². The number of unbranched alkanes of at least 4 members (excludes halogenated alkanes) is 1. The summed E-state index contributed by atoms with van der Waals surface area (Å²) in [5, 5.41) is 20.4. The van der Waals surface area contributed by atoms with E-state index >= 15 is 0 Å². The van der Waals surface area contributed by atoms with E-state index in [2.05, 4.69) is 29.8 Å². The van der Waals surface area contributed by atoms with E-state index in [9.17, 15) is 5.11 Å². The highest BCUT2D eigenvalue weighted by molar-refractivity contribution is 5.78. The van der Waals surface area contributed by atoms with Crippen molar-refractivity contribution in [1.82, 2.24) is 5.32 Å². The van der Waals surface area contributed by atoms with Gasteiger partial charge in [-0.05, 0) is 65.8 Å². The highest BCUT2D eigenvalue weighted by atomic mass is 16.5. The average molecular weight is 488 g/mol. The number of rotatable bonds is 17. The Hall–Kier alpha value is -2.80. The Labute approximate surface area is 211 Å². The minimum absolute atomic E-state index is 0.0117. The molecule has 7 nitrogen and oxygen atoms in total. The van der Waals surface area contributed by atoms with E-state index < -0.39 is 0 Å². The van der Waals surface area contributed by atoms with Crippen molar-refractivity contribution in [3.05, 3.63) is 35.9 Å². The predicted octanol–water partition coefficient (Wildman–Crippen LogP) is 6.17. The van der Waals surface area contributed by atoms with Crippen molar-refractivity contribution in [1.29, 1.82) is 0 Å². The lowest BCUT2D eigenvalue weighted by atomic mass is 10.1. The first-order valence-electron chi connectivity index (χ1n) is 13.0. The van der Waals surface area contributed by atoms with Gasteiger partial charge in [0.15, 0.2) is 0 Å². The molecule has 0 aliphatic heterocycles. The molecule has 0 heterocycles. The van der Waals surface area contributed by atoms with Crippen molar-refractivity contribution >= 4 is 11.4 Å². The van der Waals surface area contributed by atoms with Crippen LogP contribution in [0.3, 0.4) is 0 Å². The van der Waals surface area contributed by atoms with Gasteiger partial charge in [0.25, 0.3) is 0 Å². The Morgan fingerprint density at radius 2 is 1.63 bits per heavy atom. The molecule has 0 aliphatic carbocycles. The van der Waals surface area contributed by atoms with Crippen LogP contribution in [0.2, 0.25) is 0 Å². The van der Waals surface area contributed by atoms with Gasteiger partial charge in [0.05, 0.1) is 24.5 Å². The molecule has 196 valence electrons. The van der Waals surface area contributed by atoms with Crippen molar-refractivity contribution in [2.24, 2.45) is 0 Å². The summed E-state index contributed by atoms with van der Waals surface area (Å²) >= 11 is 0. The van der Waals surface area contributed by atoms with Crippen LogP contribution in [0.25, 0.3) is 0 Å². The van der Waals surface area contributed by atoms with Crippen molar-refractivity contribution < 1.29 is 19.3 Å². The number of phenols is 1. The molecule has 4 N–H and O–H groups in total. The van der Waals surface area contributed by atoms with Crippen molar-refractivity contribution in [3.8, 4) is 23.0 Å². The number of anilines is 2. The van der Waals surface area contributed by atoms with E-state index in [1.165, 1.54) is 0 Å². The van der Waals surface area contributed by atoms with Gasteiger partial charge in [-0.25, -0.2) is 0 Å². The molecule has 0 spiro atoms. The average Bonchev–Trinajstić information content (AvgIpc) is 2.79. The molecule has 0 saturated heterocycles. The molecule has 0 aromatic heterocycles. The third-order valence-corrected chi connectivity index (χ3v) is 5.17. The van der Waals surface area contributed by atoms with Gasteiger partial charge in [0.1, 0.15) is 28.7 Å². The molecule has 0 radical (unpaired) electrons. The zero-order valence-corrected chi connectivity index (χ0v) is 22.4. The number of phenolic OH excluding ortho intramolecular Hbond substituents is 1. The predicted molar refractivity (Wildman–Crippen MR) is 145 cm³/mol. The summed E-state index contributed by atoms with van der Waals surface area (Å²) in [5.41, 5.74) is 2.79. The minimum Gasteiger partial charge on any atom is -0.508 e. The lowest BCUT2D eigenvalue weighted by molar-refractivity contribution is 0.230. The standard InChI is InChI=1S/C28H45N3O4/c1-7-9-14-30-25-17-24(34-20(3)4)18-27(35-21(5)6)28(25)31-19-22-11-12-23(32)16-26(22)33-15-10-13-29-8-2/h11-12,16-18,20-21,29-32H,7-10,13-15,19H2,1-6H3. The van der Waals surface area contributed by atoms with E-state index in [0.29, 0.717) is 18.9 Å². The molecule has 0 bridgehead atoms. The van der Waals surface area contributed by atoms with Gasteiger partial charge in [-0.1, -0.05) is 20.3 Å². The normalized spacial score (nSPS) is 11.1. The van der Waals surface area contributed by atoms with Crippen LogP contribution in [0.1, 0.15) is 66.4 Å². The quantitative estimate of drug-likeness (QED) is 0.199. The van der Waals surface area contributed by atoms with E-state index in [4.69, 9.17) is 14.2 Å². The van der Waals surface area contributed by atoms with Crippen molar-refractivity contribution in [2.45, 2.75) is 79.6 Å². The van der Waals surface area contributed by atoms with Crippen molar-refractivity contribution in [3.63, 3.8) is 0 Å². The first-order chi connectivity index (χ1) is 16.8. The van der Waals surface area contributed by atoms with E-state index in [-0.39, 0.29) is 18.0 Å². The Kier molecular flexibility index (Phi) is 12.4. The molecule has 2 rings (SSSR count). The van der Waals surface area contributed by atoms with Gasteiger partial charge in [-0.3, -0.25) is 0 Å². The van der Waals surface area contributed by atoms with Crippen LogP contribution in [-0.2, 0) is 6.54 Å². The summed E-state index contributed by atoms with van der Waals surface area (Å²) in [6.45, 7) is 16.1. The lowest BCUT2D eigenvalue weighted by Crippen LogP contribution is -2.17. The number of nitrogens with one attached hydrogen (secondary N) is 3. The Bertz CT molecular complexity index is 887. The summed E-state index contributed by atoms with van der Waals surface area (Å²) < 4.78 is 18.2. The number of hydrogen-bond acceptors (Lipinski definition) is 7. The molecule has 0 fully saturated rings.